The monoisotopic (exact) mass is 329 g/mol. The Bertz CT molecular complexity index is 688. The van der Waals surface area contributed by atoms with Gasteiger partial charge in [-0.25, -0.2) is 13.1 Å². The first-order chi connectivity index (χ1) is 10.0. The maximum Gasteiger partial charge on any atom is 0.232 e. The molecule has 0 spiro atoms. The standard InChI is InChI=1S/C12H16ClN5O2S/c1-10-4-5-11(8-12(10)18-9-14-16-17-18)15-21(19,20)7-3-2-6-13/h4-5,8-9,15H,2-3,6-7H2,1H3. The van der Waals surface area contributed by atoms with Crippen molar-refractivity contribution in [3.05, 3.63) is 30.1 Å². The van der Waals surface area contributed by atoms with E-state index >= 15 is 0 Å². The van der Waals surface area contributed by atoms with Crippen molar-refractivity contribution in [2.45, 2.75) is 19.8 Å². The molecule has 2 aromatic rings. The average molecular weight is 330 g/mol. The van der Waals surface area contributed by atoms with Gasteiger partial charge >= 0.3 is 0 Å². The number of tetrazole rings is 1. The minimum Gasteiger partial charge on any atom is -0.283 e. The Kier molecular flexibility index (Phi) is 5.13. The molecule has 0 atom stereocenters. The van der Waals surface area contributed by atoms with E-state index in [0.29, 0.717) is 24.4 Å². The van der Waals surface area contributed by atoms with Crippen molar-refractivity contribution < 1.29 is 8.42 Å². The number of nitrogens with zero attached hydrogens (tertiary/aromatic N) is 4. The van der Waals surface area contributed by atoms with Crippen LogP contribution in [0.1, 0.15) is 18.4 Å². The zero-order valence-corrected chi connectivity index (χ0v) is 13.1. The molecular weight excluding hydrogens is 314 g/mol. The summed E-state index contributed by atoms with van der Waals surface area (Å²) in [4.78, 5) is 0. The number of unbranched alkanes of at least 4 members (excludes halogenated alkanes) is 1. The van der Waals surface area contributed by atoms with Crippen molar-refractivity contribution in [1.29, 1.82) is 0 Å². The van der Waals surface area contributed by atoms with Crippen LogP contribution in [-0.2, 0) is 10.0 Å². The highest BCUT2D eigenvalue weighted by Crippen LogP contribution is 2.19. The minimum absolute atomic E-state index is 0.0494. The highest BCUT2D eigenvalue weighted by molar-refractivity contribution is 7.92. The van der Waals surface area contributed by atoms with Gasteiger partial charge in [0, 0.05) is 5.88 Å². The van der Waals surface area contributed by atoms with Gasteiger partial charge in [0.05, 0.1) is 17.1 Å². The second-order valence-corrected chi connectivity index (χ2v) is 6.79. The fourth-order valence-corrected chi connectivity index (χ4v) is 3.17. The van der Waals surface area contributed by atoms with Crippen LogP contribution in [0.25, 0.3) is 5.69 Å². The highest BCUT2D eigenvalue weighted by Gasteiger charge is 2.11. The number of aromatic nitrogens is 4. The van der Waals surface area contributed by atoms with E-state index in [9.17, 15) is 8.42 Å². The van der Waals surface area contributed by atoms with Gasteiger partial charge in [-0.3, -0.25) is 4.72 Å². The predicted octanol–water partition coefficient (Wildman–Crippen LogP) is 1.73. The Balaban J connectivity index is 2.16. The molecule has 2 rings (SSSR count). The van der Waals surface area contributed by atoms with Crippen molar-refractivity contribution >= 4 is 27.3 Å². The second-order valence-electron chi connectivity index (χ2n) is 4.57. The van der Waals surface area contributed by atoms with Gasteiger partial charge in [-0.15, -0.1) is 16.7 Å². The van der Waals surface area contributed by atoms with Crippen LogP contribution in [-0.4, -0.2) is 40.3 Å². The van der Waals surface area contributed by atoms with E-state index in [1.807, 2.05) is 13.0 Å². The molecule has 0 saturated carbocycles. The molecule has 1 aromatic heterocycles. The van der Waals surface area contributed by atoms with Crippen LogP contribution in [0.3, 0.4) is 0 Å². The van der Waals surface area contributed by atoms with Crippen LogP contribution in [0.2, 0.25) is 0 Å². The van der Waals surface area contributed by atoms with E-state index in [-0.39, 0.29) is 5.75 Å². The third kappa shape index (κ3) is 4.40. The van der Waals surface area contributed by atoms with Gasteiger partial charge in [0.15, 0.2) is 0 Å². The summed E-state index contributed by atoms with van der Waals surface area (Å²) in [5, 5.41) is 11.0. The van der Waals surface area contributed by atoms with Crippen molar-refractivity contribution in [2.75, 3.05) is 16.4 Å². The van der Waals surface area contributed by atoms with Crippen LogP contribution in [0.5, 0.6) is 0 Å². The van der Waals surface area contributed by atoms with Crippen LogP contribution in [0.15, 0.2) is 24.5 Å². The number of alkyl halides is 1. The highest BCUT2D eigenvalue weighted by atomic mass is 35.5. The number of benzene rings is 1. The molecule has 0 aliphatic heterocycles. The Morgan fingerprint density at radius 2 is 2.14 bits per heavy atom. The molecule has 0 aliphatic carbocycles. The third-order valence-electron chi connectivity index (χ3n) is 2.88. The lowest BCUT2D eigenvalue weighted by Crippen LogP contribution is -2.17. The van der Waals surface area contributed by atoms with Crippen LogP contribution in [0.4, 0.5) is 5.69 Å². The topological polar surface area (TPSA) is 89.8 Å². The Labute approximate surface area is 128 Å². The molecule has 1 heterocycles. The average Bonchev–Trinajstić information content (AvgIpc) is 2.94. The maximum absolute atomic E-state index is 12.0. The van der Waals surface area contributed by atoms with Crippen LogP contribution >= 0.6 is 11.6 Å². The lowest BCUT2D eigenvalue weighted by atomic mass is 10.2. The number of halogens is 1. The van der Waals surface area contributed by atoms with E-state index in [1.165, 1.54) is 11.0 Å². The van der Waals surface area contributed by atoms with Gasteiger partial charge in [-0.2, -0.15) is 0 Å². The minimum atomic E-state index is -3.37. The summed E-state index contributed by atoms with van der Waals surface area (Å²) >= 11 is 5.55. The molecule has 0 radical (unpaired) electrons. The molecule has 21 heavy (non-hydrogen) atoms. The first-order valence-corrected chi connectivity index (χ1v) is 8.61. The largest absolute Gasteiger partial charge is 0.283 e. The van der Waals surface area contributed by atoms with Crippen LogP contribution in [0, 0.1) is 6.92 Å². The summed E-state index contributed by atoms with van der Waals surface area (Å²) in [6, 6.07) is 5.22. The lowest BCUT2D eigenvalue weighted by molar-refractivity contribution is 0.598. The van der Waals surface area contributed by atoms with Crippen molar-refractivity contribution in [1.82, 2.24) is 20.2 Å². The van der Waals surface area contributed by atoms with E-state index in [0.717, 1.165) is 11.3 Å². The number of aryl methyl sites for hydroxylation is 1. The van der Waals surface area contributed by atoms with E-state index in [4.69, 9.17) is 11.6 Å². The van der Waals surface area contributed by atoms with Gasteiger partial charge < -0.3 is 0 Å². The van der Waals surface area contributed by atoms with E-state index < -0.39 is 10.0 Å². The molecule has 0 bridgehead atoms. The number of nitrogens with one attached hydrogen (secondary N) is 1. The van der Waals surface area contributed by atoms with Gasteiger partial charge in [-0.05, 0) is 47.9 Å². The first-order valence-electron chi connectivity index (χ1n) is 6.42. The third-order valence-corrected chi connectivity index (χ3v) is 4.52. The first kappa shape index (κ1) is 15.7. The summed E-state index contributed by atoms with van der Waals surface area (Å²) in [5.41, 5.74) is 2.14. The van der Waals surface area contributed by atoms with Crippen molar-refractivity contribution in [2.24, 2.45) is 0 Å². The molecular formula is C12H16ClN5O2S. The molecule has 0 saturated heterocycles. The number of hydrogen-bond acceptors (Lipinski definition) is 5. The molecule has 1 N–H and O–H groups in total. The fourth-order valence-electron chi connectivity index (χ4n) is 1.81. The summed E-state index contributed by atoms with van der Waals surface area (Å²) < 4.78 is 28.0. The normalized spacial score (nSPS) is 11.5. The molecule has 9 heteroatoms. The summed E-state index contributed by atoms with van der Waals surface area (Å²) in [5.74, 6) is 0.511. The van der Waals surface area contributed by atoms with E-state index in [1.54, 1.807) is 12.1 Å². The quantitative estimate of drug-likeness (QED) is 0.617. The number of rotatable bonds is 7. The second kappa shape index (κ2) is 6.86. The van der Waals surface area contributed by atoms with Crippen molar-refractivity contribution in [3.8, 4) is 5.69 Å². The molecule has 0 fully saturated rings. The van der Waals surface area contributed by atoms with Gasteiger partial charge in [0.1, 0.15) is 6.33 Å². The smallest absolute Gasteiger partial charge is 0.232 e. The summed E-state index contributed by atoms with van der Waals surface area (Å²) in [6.45, 7) is 1.90. The Hall–Kier alpha value is -1.67. The SMILES string of the molecule is Cc1ccc(NS(=O)(=O)CCCCCl)cc1-n1cnnn1. The molecule has 0 amide bonds. The van der Waals surface area contributed by atoms with Gasteiger partial charge in [0.25, 0.3) is 0 Å². The molecule has 114 valence electrons. The Morgan fingerprint density at radius 3 is 2.81 bits per heavy atom. The fraction of sp³-hybridized carbons (Fsp3) is 0.417. The van der Waals surface area contributed by atoms with Crippen molar-refractivity contribution in [3.63, 3.8) is 0 Å². The zero-order valence-electron chi connectivity index (χ0n) is 11.5. The predicted molar refractivity (Wildman–Crippen MR) is 81.3 cm³/mol. The van der Waals surface area contributed by atoms with Gasteiger partial charge in [-0.1, -0.05) is 6.07 Å². The molecule has 7 nitrogen and oxygen atoms in total. The number of anilines is 1. The summed E-state index contributed by atoms with van der Waals surface area (Å²) in [7, 11) is -3.37. The molecule has 0 unspecified atom stereocenters. The summed E-state index contributed by atoms with van der Waals surface area (Å²) in [6.07, 6.45) is 2.66. The molecule has 0 aliphatic rings. The maximum atomic E-state index is 12.0. The lowest BCUT2D eigenvalue weighted by Gasteiger charge is -2.10. The zero-order chi connectivity index (χ0) is 15.3. The number of hydrogen-bond donors (Lipinski definition) is 1. The van der Waals surface area contributed by atoms with E-state index in [2.05, 4.69) is 20.2 Å². The Morgan fingerprint density at radius 1 is 1.33 bits per heavy atom. The van der Waals surface area contributed by atoms with Gasteiger partial charge in [0.2, 0.25) is 10.0 Å². The number of sulfonamides is 1. The molecule has 1 aromatic carbocycles. The van der Waals surface area contributed by atoms with Crippen LogP contribution < -0.4 is 4.72 Å².